The van der Waals surface area contributed by atoms with Gasteiger partial charge >= 0.3 is 0 Å². The van der Waals surface area contributed by atoms with Crippen LogP contribution in [0.4, 0.5) is 0 Å². The molecule has 0 saturated carbocycles. The Morgan fingerprint density at radius 2 is 1.83 bits per heavy atom. The van der Waals surface area contributed by atoms with Gasteiger partial charge < -0.3 is 10.1 Å². The van der Waals surface area contributed by atoms with E-state index in [0.717, 1.165) is 18.8 Å². The fourth-order valence-electron chi connectivity index (χ4n) is 2.63. The summed E-state index contributed by atoms with van der Waals surface area (Å²) < 4.78 is 5.21. The van der Waals surface area contributed by atoms with Gasteiger partial charge in [0.1, 0.15) is 5.75 Å². The molecule has 2 nitrogen and oxygen atoms in total. The second-order valence-corrected chi connectivity index (χ2v) is 4.66. The summed E-state index contributed by atoms with van der Waals surface area (Å²) in [6, 6.07) is 17.1. The van der Waals surface area contributed by atoms with Crippen molar-refractivity contribution in [2.24, 2.45) is 0 Å². The second-order valence-electron chi connectivity index (χ2n) is 4.66. The Balaban J connectivity index is 1.97. The van der Waals surface area contributed by atoms with E-state index in [1.807, 2.05) is 12.1 Å². The summed E-state index contributed by atoms with van der Waals surface area (Å²) >= 11 is 0. The third-order valence-electron chi connectivity index (χ3n) is 3.61. The third kappa shape index (κ3) is 2.00. The van der Waals surface area contributed by atoms with Gasteiger partial charge in [-0.2, -0.15) is 0 Å². The Labute approximate surface area is 108 Å². The van der Waals surface area contributed by atoms with E-state index in [-0.39, 0.29) is 0 Å². The number of ether oxygens (including phenoxy) is 1. The molecule has 2 heteroatoms. The summed E-state index contributed by atoms with van der Waals surface area (Å²) in [7, 11) is 1.70. The van der Waals surface area contributed by atoms with Crippen LogP contribution in [-0.2, 0) is 6.54 Å². The first kappa shape index (κ1) is 11.3. The van der Waals surface area contributed by atoms with Crippen molar-refractivity contribution in [3.63, 3.8) is 0 Å². The largest absolute Gasteiger partial charge is 0.497 e. The number of methoxy groups -OCH3 is 1. The molecule has 18 heavy (non-hydrogen) atoms. The molecule has 1 heterocycles. The molecule has 1 N–H and O–H groups in total. The van der Waals surface area contributed by atoms with Crippen molar-refractivity contribution in [1.29, 1.82) is 0 Å². The highest BCUT2D eigenvalue weighted by atomic mass is 16.5. The molecule has 0 bridgehead atoms. The summed E-state index contributed by atoms with van der Waals surface area (Å²) in [6.07, 6.45) is 0. The van der Waals surface area contributed by atoms with E-state index in [1.54, 1.807) is 7.11 Å². The zero-order valence-corrected chi connectivity index (χ0v) is 10.5. The van der Waals surface area contributed by atoms with Gasteiger partial charge in [-0.15, -0.1) is 0 Å². The minimum absolute atomic E-state index is 0.445. The Hall–Kier alpha value is -1.80. The number of rotatable bonds is 2. The molecule has 1 aliphatic rings. The normalized spacial score (nSPS) is 18.2. The SMILES string of the molecule is COc1ccc(C2CNCc3ccccc32)cc1. The first-order chi connectivity index (χ1) is 8.88. The molecule has 1 atom stereocenters. The first-order valence-electron chi connectivity index (χ1n) is 6.31. The molecule has 0 amide bonds. The lowest BCUT2D eigenvalue weighted by atomic mass is 9.85. The fraction of sp³-hybridized carbons (Fsp3) is 0.250. The Kier molecular flexibility index (Phi) is 3.03. The van der Waals surface area contributed by atoms with Crippen LogP contribution in [-0.4, -0.2) is 13.7 Å². The van der Waals surface area contributed by atoms with Gasteiger partial charge in [0.05, 0.1) is 7.11 Å². The van der Waals surface area contributed by atoms with Crippen molar-refractivity contribution < 1.29 is 4.74 Å². The Bertz CT molecular complexity index is 533. The van der Waals surface area contributed by atoms with E-state index in [9.17, 15) is 0 Å². The summed E-state index contributed by atoms with van der Waals surface area (Å²) in [5.74, 6) is 1.36. The first-order valence-corrected chi connectivity index (χ1v) is 6.31. The third-order valence-corrected chi connectivity index (χ3v) is 3.61. The van der Waals surface area contributed by atoms with E-state index >= 15 is 0 Å². The van der Waals surface area contributed by atoms with Crippen molar-refractivity contribution in [2.75, 3.05) is 13.7 Å². The van der Waals surface area contributed by atoms with Crippen LogP contribution >= 0.6 is 0 Å². The van der Waals surface area contributed by atoms with Gasteiger partial charge in [0.15, 0.2) is 0 Å². The molecule has 2 aromatic carbocycles. The lowest BCUT2D eigenvalue weighted by Gasteiger charge is -2.26. The summed E-state index contributed by atoms with van der Waals surface area (Å²) in [5.41, 5.74) is 4.20. The maximum Gasteiger partial charge on any atom is 0.118 e. The molecular formula is C16H17NO. The van der Waals surface area contributed by atoms with Crippen LogP contribution in [0, 0.1) is 0 Å². The zero-order chi connectivity index (χ0) is 12.4. The van der Waals surface area contributed by atoms with Crippen LogP contribution in [0.15, 0.2) is 48.5 Å². The van der Waals surface area contributed by atoms with Crippen molar-refractivity contribution in [3.8, 4) is 5.75 Å². The van der Waals surface area contributed by atoms with Gasteiger partial charge in [-0.3, -0.25) is 0 Å². The molecule has 0 radical (unpaired) electrons. The van der Waals surface area contributed by atoms with Gasteiger partial charge in [0.2, 0.25) is 0 Å². The predicted molar refractivity (Wildman–Crippen MR) is 73.0 cm³/mol. The average molecular weight is 239 g/mol. The number of benzene rings is 2. The lowest BCUT2D eigenvalue weighted by molar-refractivity contribution is 0.414. The highest BCUT2D eigenvalue weighted by Gasteiger charge is 2.20. The molecule has 2 aromatic rings. The van der Waals surface area contributed by atoms with Crippen LogP contribution < -0.4 is 10.1 Å². The number of nitrogens with one attached hydrogen (secondary N) is 1. The van der Waals surface area contributed by atoms with Crippen LogP contribution in [0.25, 0.3) is 0 Å². The summed E-state index contributed by atoms with van der Waals surface area (Å²) in [5, 5.41) is 3.49. The van der Waals surface area contributed by atoms with Gasteiger partial charge in [-0.1, -0.05) is 36.4 Å². The average Bonchev–Trinajstić information content (AvgIpc) is 2.47. The van der Waals surface area contributed by atoms with E-state index in [0.29, 0.717) is 5.92 Å². The topological polar surface area (TPSA) is 21.3 Å². The Morgan fingerprint density at radius 1 is 1.06 bits per heavy atom. The number of fused-ring (bicyclic) bond motifs is 1. The number of hydrogen-bond acceptors (Lipinski definition) is 2. The van der Waals surface area contributed by atoms with E-state index in [2.05, 4.69) is 41.7 Å². The maximum absolute atomic E-state index is 5.21. The highest BCUT2D eigenvalue weighted by molar-refractivity contribution is 5.41. The minimum atomic E-state index is 0.445. The van der Waals surface area contributed by atoms with Gasteiger partial charge in [-0.05, 0) is 28.8 Å². The number of hydrogen-bond donors (Lipinski definition) is 1. The molecule has 0 aliphatic carbocycles. The smallest absolute Gasteiger partial charge is 0.118 e. The van der Waals surface area contributed by atoms with Crippen molar-refractivity contribution in [2.45, 2.75) is 12.5 Å². The summed E-state index contributed by atoms with van der Waals surface area (Å²) in [4.78, 5) is 0. The van der Waals surface area contributed by atoms with Crippen molar-refractivity contribution in [3.05, 3.63) is 65.2 Å². The molecular weight excluding hydrogens is 222 g/mol. The minimum Gasteiger partial charge on any atom is -0.497 e. The van der Waals surface area contributed by atoms with Gasteiger partial charge in [0.25, 0.3) is 0 Å². The zero-order valence-electron chi connectivity index (χ0n) is 10.5. The molecule has 0 saturated heterocycles. The summed E-state index contributed by atoms with van der Waals surface area (Å²) in [6.45, 7) is 1.98. The standard InChI is InChI=1S/C16H17NO/c1-18-14-8-6-12(7-9-14)16-11-17-10-13-4-2-3-5-15(13)16/h2-9,16-17H,10-11H2,1H3. The highest BCUT2D eigenvalue weighted by Crippen LogP contribution is 2.30. The quantitative estimate of drug-likeness (QED) is 0.870. The molecule has 92 valence electrons. The van der Waals surface area contributed by atoms with Crippen molar-refractivity contribution >= 4 is 0 Å². The van der Waals surface area contributed by atoms with E-state index < -0.39 is 0 Å². The molecule has 3 rings (SSSR count). The van der Waals surface area contributed by atoms with Crippen LogP contribution in [0.3, 0.4) is 0 Å². The van der Waals surface area contributed by atoms with Crippen molar-refractivity contribution in [1.82, 2.24) is 5.32 Å². The lowest BCUT2D eigenvalue weighted by Crippen LogP contribution is -2.28. The van der Waals surface area contributed by atoms with Crippen LogP contribution in [0.5, 0.6) is 5.75 Å². The van der Waals surface area contributed by atoms with Gasteiger partial charge in [0, 0.05) is 19.0 Å². The van der Waals surface area contributed by atoms with Gasteiger partial charge in [-0.25, -0.2) is 0 Å². The molecule has 1 unspecified atom stereocenters. The molecule has 0 fully saturated rings. The van der Waals surface area contributed by atoms with Crippen LogP contribution in [0.2, 0.25) is 0 Å². The molecule has 1 aliphatic heterocycles. The molecule has 0 spiro atoms. The molecule has 0 aromatic heterocycles. The fourth-order valence-corrected chi connectivity index (χ4v) is 2.63. The maximum atomic E-state index is 5.21. The Morgan fingerprint density at radius 3 is 2.61 bits per heavy atom. The second kappa shape index (κ2) is 4.83. The monoisotopic (exact) mass is 239 g/mol. The van der Waals surface area contributed by atoms with Crippen LogP contribution in [0.1, 0.15) is 22.6 Å². The van der Waals surface area contributed by atoms with E-state index in [4.69, 9.17) is 4.74 Å². The van der Waals surface area contributed by atoms with E-state index in [1.165, 1.54) is 16.7 Å². The predicted octanol–water partition coefficient (Wildman–Crippen LogP) is 2.93.